The lowest BCUT2D eigenvalue weighted by molar-refractivity contribution is -0.0954. The number of ether oxygens (including phenoxy) is 2. The van der Waals surface area contributed by atoms with Gasteiger partial charge in [0.1, 0.15) is 0 Å². The van der Waals surface area contributed by atoms with Crippen LogP contribution in [0.2, 0.25) is 0 Å². The zero-order valence-electron chi connectivity index (χ0n) is 11.3. The minimum Gasteiger partial charge on any atom is -0.381 e. The van der Waals surface area contributed by atoms with E-state index in [9.17, 15) is 0 Å². The van der Waals surface area contributed by atoms with E-state index in [0.29, 0.717) is 24.0 Å². The predicted molar refractivity (Wildman–Crippen MR) is 69.1 cm³/mol. The number of rotatable bonds is 4. The summed E-state index contributed by atoms with van der Waals surface area (Å²) in [6.45, 7) is 8.31. The van der Waals surface area contributed by atoms with Crippen molar-refractivity contribution in [2.75, 3.05) is 26.4 Å². The fourth-order valence-electron chi connectivity index (χ4n) is 3.02. The van der Waals surface area contributed by atoms with Crippen molar-refractivity contribution in [3.63, 3.8) is 0 Å². The number of nitrogens with one attached hydrogen (secondary N) is 1. The van der Waals surface area contributed by atoms with Gasteiger partial charge in [0.2, 0.25) is 0 Å². The van der Waals surface area contributed by atoms with Crippen LogP contribution in [0.15, 0.2) is 0 Å². The van der Waals surface area contributed by atoms with Gasteiger partial charge < -0.3 is 14.8 Å². The van der Waals surface area contributed by atoms with Crippen LogP contribution in [0, 0.1) is 11.8 Å². The minimum atomic E-state index is 0.426. The van der Waals surface area contributed by atoms with Gasteiger partial charge in [-0.2, -0.15) is 0 Å². The van der Waals surface area contributed by atoms with Crippen LogP contribution in [0.5, 0.6) is 0 Å². The highest BCUT2D eigenvalue weighted by atomic mass is 16.5. The first-order valence-electron chi connectivity index (χ1n) is 7.20. The van der Waals surface area contributed by atoms with Crippen molar-refractivity contribution in [3.05, 3.63) is 0 Å². The maximum absolute atomic E-state index is 6.04. The van der Waals surface area contributed by atoms with Crippen molar-refractivity contribution < 1.29 is 9.47 Å². The Morgan fingerprint density at radius 3 is 2.71 bits per heavy atom. The van der Waals surface area contributed by atoms with E-state index in [4.69, 9.17) is 9.47 Å². The summed E-state index contributed by atoms with van der Waals surface area (Å²) in [5.74, 6) is 1.31. The van der Waals surface area contributed by atoms with E-state index in [1.165, 1.54) is 25.7 Å². The summed E-state index contributed by atoms with van der Waals surface area (Å²) in [7, 11) is 0. The molecule has 0 bridgehead atoms. The van der Waals surface area contributed by atoms with Gasteiger partial charge in [-0.05, 0) is 31.6 Å². The Morgan fingerprint density at radius 1 is 1.18 bits per heavy atom. The molecule has 0 aliphatic carbocycles. The van der Waals surface area contributed by atoms with Gasteiger partial charge in [-0.1, -0.05) is 13.8 Å². The van der Waals surface area contributed by atoms with Crippen LogP contribution in [0.1, 0.15) is 39.5 Å². The molecule has 2 saturated heterocycles. The Labute approximate surface area is 105 Å². The van der Waals surface area contributed by atoms with E-state index < -0.39 is 0 Å². The lowest BCUT2D eigenvalue weighted by Gasteiger charge is -2.39. The van der Waals surface area contributed by atoms with Crippen molar-refractivity contribution in [2.45, 2.75) is 51.7 Å². The highest BCUT2D eigenvalue weighted by Gasteiger charge is 2.33. The summed E-state index contributed by atoms with van der Waals surface area (Å²) >= 11 is 0. The lowest BCUT2D eigenvalue weighted by Crippen LogP contribution is -2.44. The molecule has 100 valence electrons. The van der Waals surface area contributed by atoms with E-state index in [-0.39, 0.29) is 0 Å². The van der Waals surface area contributed by atoms with Crippen molar-refractivity contribution in [3.8, 4) is 0 Å². The molecule has 0 amide bonds. The standard InChI is InChI=1S/C14H27NO2/c1-11(2)15-9-12-5-4-8-17-14(12)13-6-3-7-16-10-13/h11-15H,3-10H2,1-2H3. The molecule has 0 spiro atoms. The average Bonchev–Trinajstić information content (AvgIpc) is 2.38. The van der Waals surface area contributed by atoms with Crippen molar-refractivity contribution in [2.24, 2.45) is 11.8 Å². The normalized spacial score (nSPS) is 35.1. The highest BCUT2D eigenvalue weighted by molar-refractivity contribution is 4.84. The van der Waals surface area contributed by atoms with Crippen LogP contribution in [0.3, 0.4) is 0 Å². The fourth-order valence-corrected chi connectivity index (χ4v) is 3.02. The molecule has 2 rings (SSSR count). The molecule has 0 aromatic heterocycles. The van der Waals surface area contributed by atoms with E-state index >= 15 is 0 Å². The molecule has 0 radical (unpaired) electrons. The van der Waals surface area contributed by atoms with E-state index in [0.717, 1.165) is 26.4 Å². The van der Waals surface area contributed by atoms with Crippen molar-refractivity contribution in [1.29, 1.82) is 0 Å². The average molecular weight is 241 g/mol. The Balaban J connectivity index is 1.86. The molecule has 3 unspecified atom stereocenters. The second kappa shape index (κ2) is 6.72. The fraction of sp³-hybridized carbons (Fsp3) is 1.00. The third kappa shape index (κ3) is 3.94. The van der Waals surface area contributed by atoms with Crippen molar-refractivity contribution >= 4 is 0 Å². The molecule has 0 aromatic rings. The topological polar surface area (TPSA) is 30.5 Å². The summed E-state index contributed by atoms with van der Waals surface area (Å²) in [5, 5.41) is 3.56. The van der Waals surface area contributed by atoms with Gasteiger partial charge in [0.25, 0.3) is 0 Å². The van der Waals surface area contributed by atoms with Gasteiger partial charge >= 0.3 is 0 Å². The van der Waals surface area contributed by atoms with Gasteiger partial charge in [-0.3, -0.25) is 0 Å². The summed E-state index contributed by atoms with van der Waals surface area (Å²) in [6.07, 6.45) is 5.43. The Hall–Kier alpha value is -0.120. The molecule has 2 heterocycles. The molecule has 3 nitrogen and oxygen atoms in total. The minimum absolute atomic E-state index is 0.426. The Morgan fingerprint density at radius 2 is 2.00 bits per heavy atom. The van der Waals surface area contributed by atoms with Crippen LogP contribution in [-0.2, 0) is 9.47 Å². The molecule has 1 N–H and O–H groups in total. The second-order valence-electron chi connectivity index (χ2n) is 5.78. The van der Waals surface area contributed by atoms with E-state index in [1.807, 2.05) is 0 Å². The number of hydrogen-bond donors (Lipinski definition) is 1. The van der Waals surface area contributed by atoms with Gasteiger partial charge in [-0.25, -0.2) is 0 Å². The van der Waals surface area contributed by atoms with Gasteiger partial charge in [0.15, 0.2) is 0 Å². The Bertz CT molecular complexity index is 214. The summed E-state index contributed by atoms with van der Waals surface area (Å²) in [4.78, 5) is 0. The maximum Gasteiger partial charge on any atom is 0.0665 e. The third-order valence-electron chi connectivity index (χ3n) is 3.94. The third-order valence-corrected chi connectivity index (χ3v) is 3.94. The largest absolute Gasteiger partial charge is 0.381 e. The van der Waals surface area contributed by atoms with Crippen molar-refractivity contribution in [1.82, 2.24) is 5.32 Å². The monoisotopic (exact) mass is 241 g/mol. The van der Waals surface area contributed by atoms with Gasteiger partial charge in [-0.15, -0.1) is 0 Å². The molecule has 3 heteroatoms. The zero-order valence-corrected chi connectivity index (χ0v) is 11.3. The van der Waals surface area contributed by atoms with Crippen LogP contribution in [0.4, 0.5) is 0 Å². The first-order valence-corrected chi connectivity index (χ1v) is 7.20. The quantitative estimate of drug-likeness (QED) is 0.818. The predicted octanol–water partition coefficient (Wildman–Crippen LogP) is 2.21. The Kier molecular flexibility index (Phi) is 5.26. The van der Waals surface area contributed by atoms with Crippen LogP contribution in [0.25, 0.3) is 0 Å². The molecule has 2 aliphatic rings. The van der Waals surface area contributed by atoms with Crippen LogP contribution in [-0.4, -0.2) is 38.5 Å². The molecule has 0 aromatic carbocycles. The molecular weight excluding hydrogens is 214 g/mol. The molecule has 3 atom stereocenters. The van der Waals surface area contributed by atoms with Gasteiger partial charge in [0, 0.05) is 31.7 Å². The first kappa shape index (κ1) is 13.3. The van der Waals surface area contributed by atoms with Crippen LogP contribution >= 0.6 is 0 Å². The first-order chi connectivity index (χ1) is 8.27. The molecule has 2 fully saturated rings. The molecule has 17 heavy (non-hydrogen) atoms. The smallest absolute Gasteiger partial charge is 0.0665 e. The molecule has 2 aliphatic heterocycles. The number of hydrogen-bond acceptors (Lipinski definition) is 3. The summed E-state index contributed by atoms with van der Waals surface area (Å²) < 4.78 is 11.7. The van der Waals surface area contributed by atoms with Gasteiger partial charge in [0.05, 0.1) is 12.7 Å². The maximum atomic E-state index is 6.04. The summed E-state index contributed by atoms with van der Waals surface area (Å²) in [5.41, 5.74) is 0. The van der Waals surface area contributed by atoms with E-state index in [2.05, 4.69) is 19.2 Å². The summed E-state index contributed by atoms with van der Waals surface area (Å²) in [6, 6.07) is 0.570. The van der Waals surface area contributed by atoms with Crippen LogP contribution < -0.4 is 5.32 Å². The SMILES string of the molecule is CC(C)NCC1CCCOC1C1CCCOC1. The molecule has 0 saturated carbocycles. The zero-order chi connectivity index (χ0) is 12.1. The molecular formula is C14H27NO2. The second-order valence-corrected chi connectivity index (χ2v) is 5.78. The highest BCUT2D eigenvalue weighted by Crippen LogP contribution is 2.30. The lowest BCUT2D eigenvalue weighted by atomic mass is 9.83. The van der Waals surface area contributed by atoms with E-state index in [1.54, 1.807) is 0 Å².